The van der Waals surface area contributed by atoms with Crippen molar-refractivity contribution in [1.29, 1.82) is 0 Å². The SMILES string of the molecule is CC1=C2C(=O)N(Cc3ccc(OC(F)(F)F)cc3)CC2CCC(N2CCN3CCCC3C2)=C1. The highest BCUT2D eigenvalue weighted by Crippen LogP contribution is 2.37. The Labute approximate surface area is 192 Å². The van der Waals surface area contributed by atoms with Crippen molar-refractivity contribution in [3.05, 3.63) is 52.7 Å². The fourth-order valence-corrected chi connectivity index (χ4v) is 5.89. The molecular formula is C25H30F3N3O2. The second-order valence-electron chi connectivity index (χ2n) is 9.62. The molecule has 4 aliphatic rings. The van der Waals surface area contributed by atoms with Crippen LogP contribution in [0.2, 0.25) is 0 Å². The van der Waals surface area contributed by atoms with Gasteiger partial charge in [-0.15, -0.1) is 13.2 Å². The number of allylic oxidation sites excluding steroid dienone is 3. The number of hydrogen-bond acceptors (Lipinski definition) is 4. The number of rotatable bonds is 4. The second kappa shape index (κ2) is 8.70. The highest BCUT2D eigenvalue weighted by molar-refractivity contribution is 5.97. The summed E-state index contributed by atoms with van der Waals surface area (Å²) in [4.78, 5) is 20.2. The maximum absolute atomic E-state index is 13.2. The molecule has 3 saturated heterocycles. The van der Waals surface area contributed by atoms with Crippen LogP contribution in [0.15, 0.2) is 47.2 Å². The predicted octanol–water partition coefficient (Wildman–Crippen LogP) is 4.32. The first-order chi connectivity index (χ1) is 15.8. The van der Waals surface area contributed by atoms with Crippen LogP contribution in [-0.4, -0.2) is 65.7 Å². The van der Waals surface area contributed by atoms with Gasteiger partial charge in [-0.25, -0.2) is 0 Å². The Bertz CT molecular complexity index is 970. The Kier molecular flexibility index (Phi) is 5.89. The summed E-state index contributed by atoms with van der Waals surface area (Å²) >= 11 is 0. The summed E-state index contributed by atoms with van der Waals surface area (Å²) in [6.07, 6.45) is 2.02. The lowest BCUT2D eigenvalue weighted by Crippen LogP contribution is -2.49. The molecule has 1 amide bonds. The molecule has 1 aliphatic carbocycles. The van der Waals surface area contributed by atoms with E-state index in [-0.39, 0.29) is 17.6 Å². The molecular weight excluding hydrogens is 431 g/mol. The number of halogens is 3. The molecule has 3 fully saturated rings. The molecule has 0 spiro atoms. The lowest BCUT2D eigenvalue weighted by atomic mass is 9.95. The third-order valence-corrected chi connectivity index (χ3v) is 7.45. The van der Waals surface area contributed by atoms with Crippen LogP contribution in [-0.2, 0) is 11.3 Å². The van der Waals surface area contributed by atoms with E-state index < -0.39 is 6.36 Å². The van der Waals surface area contributed by atoms with Gasteiger partial charge in [0.25, 0.3) is 5.91 Å². The van der Waals surface area contributed by atoms with Crippen LogP contribution in [0.5, 0.6) is 5.75 Å². The summed E-state index contributed by atoms with van der Waals surface area (Å²) in [6, 6.07) is 6.44. The molecule has 3 heterocycles. The minimum Gasteiger partial charge on any atom is -0.406 e. The summed E-state index contributed by atoms with van der Waals surface area (Å²) in [5, 5.41) is 0. The molecule has 0 bridgehead atoms. The van der Waals surface area contributed by atoms with Crippen molar-refractivity contribution in [3.63, 3.8) is 0 Å². The quantitative estimate of drug-likeness (QED) is 0.669. The van der Waals surface area contributed by atoms with Gasteiger partial charge in [-0.1, -0.05) is 12.1 Å². The van der Waals surface area contributed by atoms with Gasteiger partial charge in [-0.05, 0) is 68.5 Å². The maximum Gasteiger partial charge on any atom is 0.573 e. The minimum atomic E-state index is -4.71. The van der Waals surface area contributed by atoms with Gasteiger partial charge in [0.1, 0.15) is 5.75 Å². The van der Waals surface area contributed by atoms with Crippen molar-refractivity contribution in [2.75, 3.05) is 32.7 Å². The number of carbonyl (C=O) groups excluding carboxylic acids is 1. The topological polar surface area (TPSA) is 36.0 Å². The molecule has 0 aromatic heterocycles. The first-order valence-corrected chi connectivity index (χ1v) is 11.8. The zero-order valence-electron chi connectivity index (χ0n) is 18.9. The number of carbonyl (C=O) groups is 1. The van der Waals surface area contributed by atoms with Crippen LogP contribution in [0, 0.1) is 5.92 Å². The van der Waals surface area contributed by atoms with Crippen molar-refractivity contribution in [1.82, 2.24) is 14.7 Å². The van der Waals surface area contributed by atoms with Crippen molar-refractivity contribution in [2.45, 2.75) is 51.6 Å². The van der Waals surface area contributed by atoms with Gasteiger partial charge >= 0.3 is 6.36 Å². The van der Waals surface area contributed by atoms with Gasteiger partial charge in [0.05, 0.1) is 0 Å². The van der Waals surface area contributed by atoms with E-state index in [2.05, 4.69) is 20.6 Å². The number of piperazine rings is 1. The fourth-order valence-electron chi connectivity index (χ4n) is 5.89. The lowest BCUT2D eigenvalue weighted by molar-refractivity contribution is -0.274. The normalized spacial score (nSPS) is 26.3. The molecule has 0 radical (unpaired) electrons. The van der Waals surface area contributed by atoms with Gasteiger partial charge in [0.2, 0.25) is 0 Å². The van der Waals surface area contributed by atoms with Crippen molar-refractivity contribution in [3.8, 4) is 5.75 Å². The van der Waals surface area contributed by atoms with Gasteiger partial charge in [0.15, 0.2) is 0 Å². The van der Waals surface area contributed by atoms with Gasteiger partial charge in [-0.2, -0.15) is 0 Å². The van der Waals surface area contributed by atoms with Crippen molar-refractivity contribution < 1.29 is 22.7 Å². The number of alkyl halides is 3. The number of nitrogens with zero attached hydrogens (tertiary/aromatic N) is 3. The van der Waals surface area contributed by atoms with E-state index in [1.54, 1.807) is 12.1 Å². The average Bonchev–Trinajstić information content (AvgIpc) is 3.30. The fraction of sp³-hybridized carbons (Fsp3) is 0.560. The smallest absolute Gasteiger partial charge is 0.406 e. The molecule has 8 heteroatoms. The Balaban J connectivity index is 1.27. The molecule has 2 unspecified atom stereocenters. The molecule has 178 valence electrons. The Morgan fingerprint density at radius 1 is 1.06 bits per heavy atom. The molecule has 33 heavy (non-hydrogen) atoms. The molecule has 3 aliphatic heterocycles. The number of ether oxygens (including phenoxy) is 1. The third-order valence-electron chi connectivity index (χ3n) is 7.45. The molecule has 2 atom stereocenters. The van der Waals surface area contributed by atoms with Crippen molar-refractivity contribution >= 4 is 5.91 Å². The minimum absolute atomic E-state index is 0.0474. The van der Waals surface area contributed by atoms with Gasteiger partial charge in [-0.3, -0.25) is 9.69 Å². The number of likely N-dealkylation sites (tertiary alicyclic amines) is 1. The number of fused-ring (bicyclic) bond motifs is 2. The summed E-state index contributed by atoms with van der Waals surface area (Å²) in [7, 11) is 0. The Morgan fingerprint density at radius 2 is 1.85 bits per heavy atom. The third kappa shape index (κ3) is 4.76. The van der Waals surface area contributed by atoms with Crippen LogP contribution < -0.4 is 4.74 Å². The molecule has 1 aromatic carbocycles. The van der Waals surface area contributed by atoms with E-state index in [0.717, 1.165) is 49.2 Å². The van der Waals surface area contributed by atoms with Gasteiger partial charge in [0, 0.05) is 56.0 Å². The van der Waals surface area contributed by atoms with E-state index in [1.165, 1.54) is 37.2 Å². The summed E-state index contributed by atoms with van der Waals surface area (Å²) in [6.45, 7) is 7.59. The highest BCUT2D eigenvalue weighted by atomic mass is 19.4. The first kappa shape index (κ1) is 22.3. The monoisotopic (exact) mass is 461 g/mol. The van der Waals surface area contributed by atoms with E-state index in [0.29, 0.717) is 19.1 Å². The Morgan fingerprint density at radius 3 is 2.61 bits per heavy atom. The second-order valence-corrected chi connectivity index (χ2v) is 9.62. The van der Waals surface area contributed by atoms with Crippen molar-refractivity contribution in [2.24, 2.45) is 5.92 Å². The molecule has 0 saturated carbocycles. The van der Waals surface area contributed by atoms with Crippen LogP contribution in [0.4, 0.5) is 13.2 Å². The molecule has 1 aromatic rings. The molecule has 5 nitrogen and oxygen atoms in total. The molecule has 0 N–H and O–H groups in total. The summed E-state index contributed by atoms with van der Waals surface area (Å²) < 4.78 is 41.1. The zero-order chi connectivity index (χ0) is 23.2. The van der Waals surface area contributed by atoms with E-state index >= 15 is 0 Å². The first-order valence-electron chi connectivity index (χ1n) is 11.8. The van der Waals surface area contributed by atoms with E-state index in [4.69, 9.17) is 0 Å². The number of benzene rings is 1. The van der Waals surface area contributed by atoms with Crippen LogP contribution >= 0.6 is 0 Å². The standard InChI is InChI=1S/C25H30F3N3O2/c1-17-13-20(30-12-11-29-10-2-3-21(29)16-30)7-6-19-15-31(24(32)23(17)19)14-18-4-8-22(9-5-18)33-25(26,27)28/h4-5,8-9,13,19,21H,2-3,6-7,10-12,14-16H2,1H3. The molecule has 5 rings (SSSR count). The highest BCUT2D eigenvalue weighted by Gasteiger charge is 2.38. The Hall–Kier alpha value is -2.48. The maximum atomic E-state index is 13.2. The zero-order valence-corrected chi connectivity index (χ0v) is 18.9. The largest absolute Gasteiger partial charge is 0.573 e. The number of amides is 1. The van der Waals surface area contributed by atoms with Crippen LogP contribution in [0.1, 0.15) is 38.2 Å². The average molecular weight is 462 g/mol. The van der Waals surface area contributed by atoms with Crippen LogP contribution in [0.25, 0.3) is 0 Å². The van der Waals surface area contributed by atoms with E-state index in [9.17, 15) is 18.0 Å². The predicted molar refractivity (Wildman–Crippen MR) is 118 cm³/mol. The lowest BCUT2D eigenvalue weighted by Gasteiger charge is -2.40. The summed E-state index contributed by atoms with van der Waals surface area (Å²) in [5.74, 6) is -0.00287. The number of hydrogen-bond donors (Lipinski definition) is 0. The summed E-state index contributed by atoms with van der Waals surface area (Å²) in [5.41, 5.74) is 4.11. The van der Waals surface area contributed by atoms with E-state index in [1.807, 2.05) is 11.8 Å². The van der Waals surface area contributed by atoms with Gasteiger partial charge < -0.3 is 14.5 Å². The van der Waals surface area contributed by atoms with Crippen LogP contribution in [0.3, 0.4) is 0 Å².